The molecule has 1 aliphatic rings. The predicted molar refractivity (Wildman–Crippen MR) is 53.0 cm³/mol. The third-order valence-electron chi connectivity index (χ3n) is 1.65. The second kappa shape index (κ2) is 6.15. The minimum atomic E-state index is -0.678. The zero-order chi connectivity index (χ0) is 8.97. The first-order valence-electron chi connectivity index (χ1n) is 3.94. The lowest BCUT2D eigenvalue weighted by atomic mass is 11.0. The zero-order valence-corrected chi connectivity index (χ0v) is 12.6. The van der Waals surface area contributed by atoms with Gasteiger partial charge in [-0.3, -0.25) is 0 Å². The zero-order valence-electron chi connectivity index (χ0n) is 7.29. The lowest BCUT2D eigenvalue weighted by Crippen LogP contribution is -2.48. The van der Waals surface area contributed by atoms with Gasteiger partial charge in [-0.1, -0.05) is 13.8 Å². The Balaban J connectivity index is 2.47. The van der Waals surface area contributed by atoms with E-state index in [9.17, 15) is 0 Å². The molecule has 0 aliphatic carbocycles. The van der Waals surface area contributed by atoms with Crippen LogP contribution in [0.5, 0.6) is 0 Å². The molecule has 6 radical (unpaired) electrons. The molecule has 0 aromatic heterocycles. The molecule has 1 saturated heterocycles. The van der Waals surface area contributed by atoms with Crippen molar-refractivity contribution in [3.05, 3.63) is 0 Å². The largest absolute Gasteiger partial charge is 0.644 e. The van der Waals surface area contributed by atoms with Crippen LogP contribution in [-0.4, -0.2) is 57.7 Å². The highest BCUT2D eigenvalue weighted by atomic mass is 29.6. The third kappa shape index (κ3) is 2.79. The standard InChI is InChI=1S/C4H10O3Si3.2Al/c1-3-8(5)10(7)9(6)4-2;;/h3-4H2,1-2H3;;/q-3;+1;+2. The summed E-state index contributed by atoms with van der Waals surface area (Å²) in [6, 6.07) is 2.31. The molecule has 8 heteroatoms. The highest BCUT2D eigenvalue weighted by Gasteiger charge is 2.40. The van der Waals surface area contributed by atoms with Gasteiger partial charge < -0.3 is 10.4 Å². The Hall–Kier alpha value is 1.60. The molecule has 12 heavy (non-hydrogen) atoms. The summed E-state index contributed by atoms with van der Waals surface area (Å²) < 4.78 is 16.8. The lowest BCUT2D eigenvalue weighted by molar-refractivity contribution is 0.527. The molecule has 62 valence electrons. The molecule has 1 rings (SSSR count). The van der Waals surface area contributed by atoms with E-state index in [0.717, 1.165) is 6.04 Å². The lowest BCUT2D eigenvalue weighted by Gasteiger charge is -2.20. The minimum Gasteiger partial charge on any atom is -0.559 e. The van der Waals surface area contributed by atoms with Gasteiger partial charge in [0.1, 0.15) is 0 Å². The Morgan fingerprint density at radius 3 is 2.75 bits per heavy atom. The van der Waals surface area contributed by atoms with E-state index in [-0.39, 0.29) is 15.9 Å². The van der Waals surface area contributed by atoms with Gasteiger partial charge in [-0.05, 0) is 12.1 Å². The summed E-state index contributed by atoms with van der Waals surface area (Å²) >= 11 is 2.24. The van der Waals surface area contributed by atoms with Crippen molar-refractivity contribution in [3.8, 4) is 0 Å². The van der Waals surface area contributed by atoms with Crippen molar-refractivity contribution in [1.29, 1.82) is 0 Å². The highest BCUT2D eigenvalue weighted by Crippen LogP contribution is 2.12. The first kappa shape index (κ1) is 11.7. The molecule has 0 aromatic rings. The quantitative estimate of drug-likeness (QED) is 0.643. The van der Waals surface area contributed by atoms with Crippen molar-refractivity contribution in [1.82, 2.24) is 0 Å². The smallest absolute Gasteiger partial charge is 0.559 e. The Morgan fingerprint density at radius 1 is 1.50 bits per heavy atom. The fourth-order valence-electron chi connectivity index (χ4n) is 1.01. The van der Waals surface area contributed by atoms with Crippen molar-refractivity contribution in [2.24, 2.45) is 0 Å². The first-order chi connectivity index (χ1) is 5.83. The van der Waals surface area contributed by atoms with Crippen LogP contribution in [-0.2, 0) is 10.4 Å². The van der Waals surface area contributed by atoms with E-state index in [1.807, 2.05) is 0 Å². The number of hydrogen-bond acceptors (Lipinski definition) is 3. The van der Waals surface area contributed by atoms with Crippen molar-refractivity contribution in [2.45, 2.75) is 25.9 Å². The van der Waals surface area contributed by atoms with Crippen LogP contribution in [0.2, 0.25) is 12.1 Å². The van der Waals surface area contributed by atoms with Gasteiger partial charge in [0.25, 0.3) is 0 Å². The van der Waals surface area contributed by atoms with Crippen molar-refractivity contribution >= 4 is 57.7 Å². The minimum absolute atomic E-state index is 0.148. The van der Waals surface area contributed by atoms with E-state index in [1.54, 1.807) is 0 Å². The number of hydrogen-bond donors (Lipinski definition) is 0. The van der Waals surface area contributed by atoms with Crippen LogP contribution in [0.4, 0.5) is 0 Å². The van der Waals surface area contributed by atoms with Gasteiger partial charge in [-0.2, -0.15) is 0 Å². The maximum Gasteiger partial charge on any atom is 0.644 e. The van der Waals surface area contributed by atoms with Crippen LogP contribution in [0, 0.1) is 0 Å². The molecular weight excluding hydrogens is 234 g/mol. The van der Waals surface area contributed by atoms with Crippen LogP contribution in [0.25, 0.3) is 0 Å². The maximum absolute atomic E-state index is 5.72. The summed E-state index contributed by atoms with van der Waals surface area (Å²) in [4.78, 5) is 0. The average Bonchev–Trinajstić information content (AvgIpc) is 2.55. The number of rotatable bonds is 4. The van der Waals surface area contributed by atoms with Crippen molar-refractivity contribution in [2.75, 3.05) is 0 Å². The molecule has 0 bridgehead atoms. The Kier molecular flexibility index (Phi) is 5.98. The van der Waals surface area contributed by atoms with Crippen LogP contribution in [0.3, 0.4) is 0 Å². The molecule has 0 spiro atoms. The van der Waals surface area contributed by atoms with Gasteiger partial charge in [-0.15, -0.1) is 0 Å². The summed E-state index contributed by atoms with van der Waals surface area (Å²) in [5, 5.41) is 0. The fourth-order valence-corrected chi connectivity index (χ4v) is 24.3. The van der Waals surface area contributed by atoms with Crippen LogP contribution < -0.4 is 0 Å². The molecule has 1 heterocycles. The molecule has 0 atom stereocenters. The van der Waals surface area contributed by atoms with E-state index >= 15 is 0 Å². The summed E-state index contributed by atoms with van der Waals surface area (Å²) in [6.07, 6.45) is 0. The molecule has 3 nitrogen and oxygen atoms in total. The fraction of sp³-hybridized carbons (Fsp3) is 1.00. The Labute approximate surface area is 93.7 Å². The topological polar surface area (TPSA) is 27.7 Å². The van der Waals surface area contributed by atoms with Gasteiger partial charge in [0.15, 0.2) is 17.1 Å². The van der Waals surface area contributed by atoms with E-state index in [0.29, 0.717) is 0 Å². The summed E-state index contributed by atoms with van der Waals surface area (Å²) in [6.45, 7) is 4.38. The van der Waals surface area contributed by atoms with Crippen LogP contribution in [0.15, 0.2) is 0 Å². The molecule has 0 unspecified atom stereocenters. The van der Waals surface area contributed by atoms with E-state index in [1.165, 1.54) is 6.04 Å². The van der Waals surface area contributed by atoms with Crippen molar-refractivity contribution in [3.63, 3.8) is 0 Å². The molecule has 0 saturated carbocycles. The SMILES string of the molecule is CC[Si]([O][Al])[Si]1[O][Al][O][Si]1CC. The van der Waals surface area contributed by atoms with E-state index in [2.05, 4.69) is 30.5 Å². The second-order valence-electron chi connectivity index (χ2n) is 2.33. The Bertz CT molecular complexity index is 137. The second-order valence-corrected chi connectivity index (χ2v) is 16.7. The molecule has 0 amide bonds. The van der Waals surface area contributed by atoms with Gasteiger partial charge >= 0.3 is 32.5 Å². The van der Waals surface area contributed by atoms with E-state index < -0.39 is 25.2 Å². The van der Waals surface area contributed by atoms with E-state index in [4.69, 9.17) is 10.4 Å². The summed E-state index contributed by atoms with van der Waals surface area (Å²) in [5.41, 5.74) is 0. The van der Waals surface area contributed by atoms with Gasteiger partial charge in [0.2, 0.25) is 8.08 Å². The average molecular weight is 244 g/mol. The first-order valence-corrected chi connectivity index (χ1v) is 12.0. The molecule has 0 aromatic carbocycles. The monoisotopic (exact) mass is 244 g/mol. The summed E-state index contributed by atoms with van der Waals surface area (Å²) in [7, 11) is -1.93. The van der Waals surface area contributed by atoms with Crippen molar-refractivity contribution < 1.29 is 10.4 Å². The normalized spacial score (nSPS) is 20.2. The van der Waals surface area contributed by atoms with Gasteiger partial charge in [0, 0.05) is 0 Å². The van der Waals surface area contributed by atoms with Crippen LogP contribution in [0.1, 0.15) is 13.8 Å². The van der Waals surface area contributed by atoms with Gasteiger partial charge in [0.05, 0.1) is 0 Å². The van der Waals surface area contributed by atoms with Crippen LogP contribution >= 0.6 is 0 Å². The maximum atomic E-state index is 5.72. The third-order valence-corrected chi connectivity index (χ3v) is 22.4. The predicted octanol–water partition coefficient (Wildman–Crippen LogP) is -0.161. The van der Waals surface area contributed by atoms with Gasteiger partial charge in [-0.25, -0.2) is 0 Å². The molecule has 0 N–H and O–H groups in total. The Morgan fingerprint density at radius 2 is 2.25 bits per heavy atom. The molecule has 1 fully saturated rings. The molecule has 1 aliphatic heterocycles. The molecular formula is C4H10Al2O3Si3. The summed E-state index contributed by atoms with van der Waals surface area (Å²) in [5.74, 6) is 0. The highest BCUT2D eigenvalue weighted by molar-refractivity contribution is 7.47.